The van der Waals surface area contributed by atoms with Gasteiger partial charge in [-0.05, 0) is 13.0 Å². The van der Waals surface area contributed by atoms with Crippen LogP contribution in [0.3, 0.4) is 0 Å². The number of aryl methyl sites for hydroxylation is 1. The van der Waals surface area contributed by atoms with Crippen molar-refractivity contribution in [1.82, 2.24) is 4.98 Å². The smallest absolute Gasteiger partial charge is 0.311 e. The summed E-state index contributed by atoms with van der Waals surface area (Å²) in [4.78, 5) is 17.5. The highest BCUT2D eigenvalue weighted by atomic mass is 16.1. The Morgan fingerprint density at radius 1 is 1.69 bits per heavy atom. The number of rotatable bonds is 1. The lowest BCUT2D eigenvalue weighted by Crippen LogP contribution is -2.07. The molecule has 0 aliphatic heterocycles. The van der Waals surface area contributed by atoms with Gasteiger partial charge in [-0.25, -0.2) is 4.98 Å². The highest BCUT2D eigenvalue weighted by Gasteiger charge is 2.10. The van der Waals surface area contributed by atoms with Crippen molar-refractivity contribution in [3.8, 4) is 0 Å². The van der Waals surface area contributed by atoms with Crippen LogP contribution in [-0.4, -0.2) is 10.9 Å². The van der Waals surface area contributed by atoms with E-state index in [0.29, 0.717) is 11.5 Å². The average molecular weight is 177 g/mol. The van der Waals surface area contributed by atoms with Gasteiger partial charge >= 0.3 is 5.69 Å². The van der Waals surface area contributed by atoms with Gasteiger partial charge in [0.2, 0.25) is 11.3 Å². The zero-order valence-corrected chi connectivity index (χ0v) is 7.40. The summed E-state index contributed by atoms with van der Waals surface area (Å²) in [5.41, 5.74) is 1.15. The molecule has 13 heavy (non-hydrogen) atoms. The van der Waals surface area contributed by atoms with Gasteiger partial charge in [-0.15, -0.1) is 0 Å². The van der Waals surface area contributed by atoms with Gasteiger partial charge in [0.25, 0.3) is 0 Å². The number of nitrogens with zero attached hydrogens (tertiary/aromatic N) is 3. The molecule has 0 saturated carbocycles. The third-order valence-electron chi connectivity index (χ3n) is 1.50. The molecule has 0 aromatic carbocycles. The number of hydrogen-bond acceptors (Lipinski definition) is 3. The van der Waals surface area contributed by atoms with Crippen LogP contribution in [0.1, 0.15) is 12.5 Å². The molecule has 0 aliphatic carbocycles. The SMILES string of the molecule is CC(=O)Nc1cc(C)c([N+]#N)cn1. The second kappa shape index (κ2) is 3.63. The maximum atomic E-state index is 10.7. The van der Waals surface area contributed by atoms with Gasteiger partial charge in [0.1, 0.15) is 12.0 Å². The van der Waals surface area contributed by atoms with E-state index in [-0.39, 0.29) is 5.91 Å². The van der Waals surface area contributed by atoms with Crippen LogP contribution >= 0.6 is 0 Å². The van der Waals surface area contributed by atoms with Gasteiger partial charge in [0.15, 0.2) is 4.98 Å². The van der Waals surface area contributed by atoms with E-state index < -0.39 is 0 Å². The third-order valence-corrected chi connectivity index (χ3v) is 1.50. The van der Waals surface area contributed by atoms with E-state index in [9.17, 15) is 4.79 Å². The van der Waals surface area contributed by atoms with Gasteiger partial charge < -0.3 is 5.32 Å². The van der Waals surface area contributed by atoms with E-state index in [1.54, 1.807) is 13.0 Å². The summed E-state index contributed by atoms with van der Waals surface area (Å²) in [6.07, 6.45) is 1.39. The Morgan fingerprint density at radius 3 is 2.85 bits per heavy atom. The maximum Gasteiger partial charge on any atom is 0.406 e. The fraction of sp³-hybridized carbons (Fsp3) is 0.250. The molecule has 1 aromatic rings. The molecule has 0 atom stereocenters. The van der Waals surface area contributed by atoms with Crippen molar-refractivity contribution in [3.05, 3.63) is 22.8 Å². The number of aromatic nitrogens is 1. The van der Waals surface area contributed by atoms with Crippen LogP contribution in [-0.2, 0) is 4.79 Å². The quantitative estimate of drug-likeness (QED) is 0.665. The number of diazo groups is 1. The van der Waals surface area contributed by atoms with Crippen molar-refractivity contribution in [2.75, 3.05) is 5.32 Å². The minimum atomic E-state index is -0.180. The zero-order chi connectivity index (χ0) is 9.84. The van der Waals surface area contributed by atoms with Crippen molar-refractivity contribution < 1.29 is 4.79 Å². The number of anilines is 1. The molecule has 0 saturated heterocycles. The molecule has 0 radical (unpaired) electrons. The minimum Gasteiger partial charge on any atom is -0.311 e. The Morgan fingerprint density at radius 2 is 2.38 bits per heavy atom. The standard InChI is InChI=1S/C8H8N4O/c1-5-3-8(11-6(2)13)10-4-7(5)12-9/h3-4H,1-2H3/p+1. The maximum absolute atomic E-state index is 10.7. The van der Waals surface area contributed by atoms with Crippen molar-refractivity contribution in [3.63, 3.8) is 0 Å². The molecule has 1 N–H and O–H groups in total. The topological polar surface area (TPSA) is 70.1 Å². The van der Waals surface area contributed by atoms with Crippen molar-refractivity contribution in [2.24, 2.45) is 0 Å². The summed E-state index contributed by atoms with van der Waals surface area (Å²) in [6.45, 7) is 3.17. The van der Waals surface area contributed by atoms with E-state index in [1.165, 1.54) is 13.1 Å². The van der Waals surface area contributed by atoms with E-state index in [1.807, 2.05) is 0 Å². The molecular weight excluding hydrogens is 168 g/mol. The van der Waals surface area contributed by atoms with Crippen LogP contribution < -0.4 is 5.32 Å². The van der Waals surface area contributed by atoms with Crippen LogP contribution in [0, 0.1) is 12.3 Å². The zero-order valence-electron chi connectivity index (χ0n) is 7.40. The van der Waals surface area contributed by atoms with Gasteiger partial charge in [0.05, 0.1) is 0 Å². The number of hydrogen-bond donors (Lipinski definition) is 1. The number of pyridine rings is 1. The summed E-state index contributed by atoms with van der Waals surface area (Å²) in [6, 6.07) is 1.64. The first-order valence-electron chi connectivity index (χ1n) is 3.73. The van der Waals surface area contributed by atoms with Gasteiger partial charge in [-0.2, -0.15) is 0 Å². The molecule has 1 rings (SSSR count). The van der Waals surface area contributed by atoms with Crippen LogP contribution in [0.25, 0.3) is 4.98 Å². The Kier molecular flexibility index (Phi) is 2.55. The third kappa shape index (κ3) is 2.24. The van der Waals surface area contributed by atoms with Gasteiger partial charge in [-0.3, -0.25) is 4.79 Å². The normalized spacial score (nSPS) is 9.00. The Hall–Kier alpha value is -1.96. The number of carbonyl (C=O) groups excluding carboxylic acids is 1. The number of nitrogens with one attached hydrogen (secondary N) is 1. The predicted molar refractivity (Wildman–Crippen MR) is 48.0 cm³/mol. The molecule has 0 fully saturated rings. The van der Waals surface area contributed by atoms with Crippen LogP contribution in [0.15, 0.2) is 12.3 Å². The fourth-order valence-corrected chi connectivity index (χ4v) is 0.902. The average Bonchev–Trinajstić information content (AvgIpc) is 2.03. The van der Waals surface area contributed by atoms with Gasteiger partial charge in [0, 0.05) is 12.5 Å². The molecule has 1 amide bonds. The molecule has 1 aromatic heterocycles. The monoisotopic (exact) mass is 177 g/mol. The first kappa shape index (κ1) is 9.13. The van der Waals surface area contributed by atoms with E-state index in [4.69, 9.17) is 5.39 Å². The molecule has 66 valence electrons. The molecule has 0 bridgehead atoms. The molecule has 0 spiro atoms. The van der Waals surface area contributed by atoms with E-state index >= 15 is 0 Å². The van der Waals surface area contributed by atoms with Crippen LogP contribution in [0.2, 0.25) is 0 Å². The molecule has 5 heteroatoms. The first-order valence-corrected chi connectivity index (χ1v) is 3.73. The highest BCUT2D eigenvalue weighted by Crippen LogP contribution is 2.19. The van der Waals surface area contributed by atoms with Crippen molar-refractivity contribution >= 4 is 17.4 Å². The lowest BCUT2D eigenvalue weighted by molar-refractivity contribution is -0.114. The van der Waals surface area contributed by atoms with Crippen molar-refractivity contribution in [2.45, 2.75) is 13.8 Å². The minimum absolute atomic E-state index is 0.180. The van der Waals surface area contributed by atoms with Crippen molar-refractivity contribution in [1.29, 1.82) is 5.39 Å². The summed E-state index contributed by atoms with van der Waals surface area (Å²) >= 11 is 0. The Labute approximate surface area is 75.4 Å². The summed E-state index contributed by atoms with van der Waals surface area (Å²) in [7, 11) is 0. The number of amides is 1. The molecule has 0 aliphatic rings. The molecule has 5 nitrogen and oxygen atoms in total. The Balaban J connectivity index is 2.97. The van der Waals surface area contributed by atoms with E-state index in [0.717, 1.165) is 5.56 Å². The molecular formula is C8H9N4O+. The van der Waals surface area contributed by atoms with Crippen LogP contribution in [0.4, 0.5) is 11.5 Å². The first-order chi connectivity index (χ1) is 6.13. The second-order valence-electron chi connectivity index (χ2n) is 2.64. The summed E-state index contributed by atoms with van der Waals surface area (Å²) in [5.74, 6) is 0.276. The largest absolute Gasteiger partial charge is 0.406 e. The summed E-state index contributed by atoms with van der Waals surface area (Å²) in [5, 5.41) is 11.0. The second-order valence-corrected chi connectivity index (χ2v) is 2.64. The lowest BCUT2D eigenvalue weighted by atomic mass is 10.2. The highest BCUT2D eigenvalue weighted by molar-refractivity contribution is 5.87. The number of carbonyl (C=O) groups is 1. The molecule has 0 unspecified atom stereocenters. The fourth-order valence-electron chi connectivity index (χ4n) is 0.902. The summed E-state index contributed by atoms with van der Waals surface area (Å²) < 4.78 is 0. The predicted octanol–water partition coefficient (Wildman–Crippen LogP) is 1.83. The molecule has 1 heterocycles. The van der Waals surface area contributed by atoms with Crippen LogP contribution in [0.5, 0.6) is 0 Å². The van der Waals surface area contributed by atoms with E-state index in [2.05, 4.69) is 15.3 Å². The van der Waals surface area contributed by atoms with Gasteiger partial charge in [-0.1, -0.05) is 0 Å². The Bertz CT molecular complexity index is 380. The lowest BCUT2D eigenvalue weighted by Gasteiger charge is -1.98.